The quantitative estimate of drug-likeness (QED) is 0.808. The molecule has 5 heteroatoms. The summed E-state index contributed by atoms with van der Waals surface area (Å²) < 4.78 is 5.39. The molecule has 27 heavy (non-hydrogen) atoms. The number of nitrogens with one attached hydrogen (secondary N) is 2. The van der Waals surface area contributed by atoms with Gasteiger partial charge in [0.25, 0.3) is 0 Å². The van der Waals surface area contributed by atoms with Gasteiger partial charge in [-0.25, -0.2) is 0 Å². The van der Waals surface area contributed by atoms with E-state index in [-0.39, 0.29) is 11.9 Å². The number of amides is 1. The standard InChI is InChI=1S/C22H29N3O2/c1-16(2)20-6-4-5-7-21(20)23-17(3)22(26)24-18-8-10-19(11-9-18)25-12-14-27-15-13-25/h4-11,16-17,23H,12-15H2,1-3H3,(H,24,26). The highest BCUT2D eigenvalue weighted by Crippen LogP contribution is 2.24. The molecule has 2 aromatic rings. The van der Waals surface area contributed by atoms with Gasteiger partial charge in [0.1, 0.15) is 6.04 Å². The van der Waals surface area contributed by atoms with E-state index < -0.39 is 0 Å². The van der Waals surface area contributed by atoms with Crippen LogP contribution in [0.25, 0.3) is 0 Å². The molecule has 1 aliphatic rings. The van der Waals surface area contributed by atoms with E-state index in [1.54, 1.807) is 0 Å². The van der Waals surface area contributed by atoms with Crippen molar-refractivity contribution in [1.29, 1.82) is 0 Å². The van der Waals surface area contributed by atoms with Crippen LogP contribution in [0.5, 0.6) is 0 Å². The van der Waals surface area contributed by atoms with Gasteiger partial charge in [-0.2, -0.15) is 0 Å². The molecule has 5 nitrogen and oxygen atoms in total. The first kappa shape index (κ1) is 19.2. The summed E-state index contributed by atoms with van der Waals surface area (Å²) in [4.78, 5) is 14.9. The molecule has 1 atom stereocenters. The molecule has 1 unspecified atom stereocenters. The van der Waals surface area contributed by atoms with Gasteiger partial charge < -0.3 is 20.3 Å². The summed E-state index contributed by atoms with van der Waals surface area (Å²) in [6.45, 7) is 9.53. The van der Waals surface area contributed by atoms with Crippen LogP contribution in [0.2, 0.25) is 0 Å². The van der Waals surface area contributed by atoms with Crippen LogP contribution in [-0.2, 0) is 9.53 Å². The molecule has 0 radical (unpaired) electrons. The molecule has 1 aliphatic heterocycles. The summed E-state index contributed by atoms with van der Waals surface area (Å²) in [5.41, 5.74) is 4.20. The predicted octanol–water partition coefficient (Wildman–Crippen LogP) is 4.09. The van der Waals surface area contributed by atoms with Gasteiger partial charge in [0.05, 0.1) is 13.2 Å². The third-order valence-corrected chi connectivity index (χ3v) is 4.86. The fraction of sp³-hybridized carbons (Fsp3) is 0.409. The Balaban J connectivity index is 1.59. The molecule has 3 rings (SSSR count). The molecule has 0 bridgehead atoms. The summed E-state index contributed by atoms with van der Waals surface area (Å²) in [6.07, 6.45) is 0. The highest BCUT2D eigenvalue weighted by molar-refractivity contribution is 5.96. The average molecular weight is 367 g/mol. The Morgan fingerprint density at radius 2 is 1.67 bits per heavy atom. The molecular formula is C22H29N3O2. The SMILES string of the molecule is CC(Nc1ccccc1C(C)C)C(=O)Nc1ccc(N2CCOCC2)cc1. The van der Waals surface area contributed by atoms with E-state index in [0.29, 0.717) is 5.92 Å². The van der Waals surface area contributed by atoms with Gasteiger partial charge in [0.15, 0.2) is 0 Å². The highest BCUT2D eigenvalue weighted by Gasteiger charge is 2.16. The van der Waals surface area contributed by atoms with Crippen molar-refractivity contribution in [2.75, 3.05) is 41.8 Å². The summed E-state index contributed by atoms with van der Waals surface area (Å²) in [6, 6.07) is 15.8. The maximum atomic E-state index is 12.6. The lowest BCUT2D eigenvalue weighted by Crippen LogP contribution is -2.36. The molecule has 1 amide bonds. The van der Waals surface area contributed by atoms with E-state index in [1.165, 1.54) is 5.56 Å². The first-order valence-electron chi connectivity index (χ1n) is 9.63. The zero-order chi connectivity index (χ0) is 19.2. The number of carbonyl (C=O) groups excluding carboxylic acids is 1. The fourth-order valence-electron chi connectivity index (χ4n) is 3.26. The van der Waals surface area contributed by atoms with E-state index in [0.717, 1.165) is 43.4 Å². The average Bonchev–Trinajstić information content (AvgIpc) is 2.69. The van der Waals surface area contributed by atoms with Gasteiger partial charge in [0.2, 0.25) is 5.91 Å². The minimum Gasteiger partial charge on any atom is -0.378 e. The van der Waals surface area contributed by atoms with Crippen LogP contribution in [0, 0.1) is 0 Å². The maximum Gasteiger partial charge on any atom is 0.246 e. The first-order valence-corrected chi connectivity index (χ1v) is 9.63. The first-order chi connectivity index (χ1) is 13.0. The number of morpholine rings is 1. The Kier molecular flexibility index (Phi) is 6.35. The molecule has 0 spiro atoms. The van der Waals surface area contributed by atoms with Crippen LogP contribution in [-0.4, -0.2) is 38.3 Å². The van der Waals surface area contributed by atoms with E-state index in [2.05, 4.69) is 35.4 Å². The topological polar surface area (TPSA) is 53.6 Å². The molecule has 0 saturated carbocycles. The van der Waals surface area contributed by atoms with Crippen molar-refractivity contribution < 1.29 is 9.53 Å². The minimum atomic E-state index is -0.330. The molecular weight excluding hydrogens is 338 g/mol. The minimum absolute atomic E-state index is 0.0484. The smallest absolute Gasteiger partial charge is 0.246 e. The zero-order valence-electron chi connectivity index (χ0n) is 16.4. The van der Waals surface area contributed by atoms with Crippen molar-refractivity contribution in [1.82, 2.24) is 0 Å². The second-order valence-electron chi connectivity index (χ2n) is 7.24. The molecule has 2 N–H and O–H groups in total. The van der Waals surface area contributed by atoms with Gasteiger partial charge in [0, 0.05) is 30.2 Å². The molecule has 1 fully saturated rings. The molecule has 144 valence electrons. The Bertz CT molecular complexity index is 752. The Morgan fingerprint density at radius 1 is 1.00 bits per heavy atom. The second kappa shape index (κ2) is 8.91. The van der Waals surface area contributed by atoms with Crippen molar-refractivity contribution in [2.45, 2.75) is 32.7 Å². The monoisotopic (exact) mass is 367 g/mol. The third kappa shape index (κ3) is 5.01. The molecule has 1 heterocycles. The van der Waals surface area contributed by atoms with Gasteiger partial charge >= 0.3 is 0 Å². The normalized spacial score (nSPS) is 15.5. The van der Waals surface area contributed by atoms with Crippen LogP contribution in [0.15, 0.2) is 48.5 Å². The van der Waals surface area contributed by atoms with E-state index in [1.807, 2.05) is 49.4 Å². The summed E-state index contributed by atoms with van der Waals surface area (Å²) in [7, 11) is 0. The Morgan fingerprint density at radius 3 is 2.33 bits per heavy atom. The number of hydrogen-bond donors (Lipinski definition) is 2. The van der Waals surface area contributed by atoms with Crippen molar-refractivity contribution >= 4 is 23.0 Å². The number of carbonyl (C=O) groups is 1. The number of anilines is 3. The maximum absolute atomic E-state index is 12.6. The van der Waals surface area contributed by atoms with Crippen LogP contribution in [0.1, 0.15) is 32.3 Å². The Hall–Kier alpha value is -2.53. The number of para-hydroxylation sites is 1. The molecule has 2 aromatic carbocycles. The van der Waals surface area contributed by atoms with Gasteiger partial charge in [-0.05, 0) is 48.7 Å². The van der Waals surface area contributed by atoms with Crippen LogP contribution >= 0.6 is 0 Å². The van der Waals surface area contributed by atoms with Gasteiger partial charge in [-0.15, -0.1) is 0 Å². The highest BCUT2D eigenvalue weighted by atomic mass is 16.5. The van der Waals surface area contributed by atoms with E-state index >= 15 is 0 Å². The lowest BCUT2D eigenvalue weighted by atomic mass is 10.0. The third-order valence-electron chi connectivity index (χ3n) is 4.86. The van der Waals surface area contributed by atoms with Crippen LogP contribution in [0.3, 0.4) is 0 Å². The predicted molar refractivity (Wildman–Crippen MR) is 112 cm³/mol. The fourth-order valence-corrected chi connectivity index (χ4v) is 3.26. The molecule has 0 aromatic heterocycles. The van der Waals surface area contributed by atoms with Gasteiger partial charge in [-0.1, -0.05) is 32.0 Å². The molecule has 1 saturated heterocycles. The van der Waals surface area contributed by atoms with Crippen LogP contribution in [0.4, 0.5) is 17.1 Å². The molecule has 0 aliphatic carbocycles. The van der Waals surface area contributed by atoms with E-state index in [4.69, 9.17) is 4.74 Å². The van der Waals surface area contributed by atoms with Crippen molar-refractivity contribution in [3.63, 3.8) is 0 Å². The summed E-state index contributed by atoms with van der Waals surface area (Å²) >= 11 is 0. The largest absolute Gasteiger partial charge is 0.378 e. The Labute approximate surface area is 161 Å². The number of ether oxygens (including phenoxy) is 1. The number of rotatable bonds is 6. The van der Waals surface area contributed by atoms with E-state index in [9.17, 15) is 4.79 Å². The van der Waals surface area contributed by atoms with Crippen molar-refractivity contribution in [2.24, 2.45) is 0 Å². The zero-order valence-corrected chi connectivity index (χ0v) is 16.4. The van der Waals surface area contributed by atoms with Crippen molar-refractivity contribution in [3.05, 3.63) is 54.1 Å². The number of hydrogen-bond acceptors (Lipinski definition) is 4. The number of benzene rings is 2. The lowest BCUT2D eigenvalue weighted by Gasteiger charge is -2.29. The second-order valence-corrected chi connectivity index (χ2v) is 7.24. The summed E-state index contributed by atoms with van der Waals surface area (Å²) in [5, 5.41) is 6.34. The summed E-state index contributed by atoms with van der Waals surface area (Å²) in [5.74, 6) is 0.351. The number of nitrogens with zero attached hydrogens (tertiary/aromatic N) is 1. The van der Waals surface area contributed by atoms with Crippen molar-refractivity contribution in [3.8, 4) is 0 Å². The van der Waals surface area contributed by atoms with Gasteiger partial charge in [-0.3, -0.25) is 4.79 Å². The lowest BCUT2D eigenvalue weighted by molar-refractivity contribution is -0.116. The van der Waals surface area contributed by atoms with Crippen LogP contribution < -0.4 is 15.5 Å².